The molecule has 0 saturated carbocycles. The minimum Gasteiger partial charge on any atom is -0.477 e. The molecule has 7 heteroatoms. The van der Waals surface area contributed by atoms with Crippen molar-refractivity contribution < 1.29 is 9.67 Å². The number of halogens is 1. The first-order valence-electron chi connectivity index (χ1n) is 10.4. The normalized spacial score (nSPS) is 15.0. The number of hydrogen-bond acceptors (Lipinski definition) is 4. The molecule has 0 fully saturated rings. The van der Waals surface area contributed by atoms with E-state index in [4.69, 9.17) is 11.6 Å². The van der Waals surface area contributed by atoms with E-state index in [-0.39, 0.29) is 16.8 Å². The number of aromatic nitrogens is 3. The lowest BCUT2D eigenvalue weighted by molar-refractivity contribution is -0.710. The van der Waals surface area contributed by atoms with Crippen LogP contribution in [0.25, 0.3) is 22.3 Å². The van der Waals surface area contributed by atoms with Crippen LogP contribution in [0.4, 0.5) is 0 Å². The molecule has 1 aliphatic rings. The highest BCUT2D eigenvalue weighted by Gasteiger charge is 2.39. The standard InChI is InChI=1S/C25H20ClN3O2S/c1-2-28-21-15-32-25(19-11-12-20(26)27-14-19)29(21)24(31)22(23(28)30)18-10-6-9-17(13-18)16-7-4-3-5-8-16/h3-14,25H,2,15H2,1H3/p+1. The molecule has 1 atom stereocenters. The number of fused-ring (bicyclic) bond motifs is 1. The summed E-state index contributed by atoms with van der Waals surface area (Å²) in [6, 6.07) is 21.4. The van der Waals surface area contributed by atoms with E-state index in [1.54, 1.807) is 28.6 Å². The van der Waals surface area contributed by atoms with Gasteiger partial charge in [-0.25, -0.2) is 9.78 Å². The van der Waals surface area contributed by atoms with Gasteiger partial charge in [0.1, 0.15) is 5.15 Å². The summed E-state index contributed by atoms with van der Waals surface area (Å²) in [7, 11) is 0. The fourth-order valence-electron chi connectivity index (χ4n) is 4.19. The maximum atomic E-state index is 13.8. The first-order valence-corrected chi connectivity index (χ1v) is 11.8. The van der Waals surface area contributed by atoms with E-state index in [1.165, 1.54) is 0 Å². The van der Waals surface area contributed by atoms with Gasteiger partial charge in [-0.1, -0.05) is 71.9 Å². The SMILES string of the molecule is CCn1c(O)c(-c2cccc(-c3ccccc3)c2)c(=O)[n+]2c1CSC2c1ccc(Cl)nc1. The fourth-order valence-corrected chi connectivity index (χ4v) is 5.60. The van der Waals surface area contributed by atoms with Crippen LogP contribution in [0, 0.1) is 0 Å². The number of rotatable bonds is 4. The van der Waals surface area contributed by atoms with Crippen LogP contribution in [0.3, 0.4) is 0 Å². The molecular weight excluding hydrogens is 442 g/mol. The van der Waals surface area contributed by atoms with Crippen LogP contribution >= 0.6 is 23.4 Å². The van der Waals surface area contributed by atoms with E-state index < -0.39 is 0 Å². The second-order valence-corrected chi connectivity index (χ2v) is 9.01. The second-order valence-electron chi connectivity index (χ2n) is 7.56. The Labute approximate surface area is 195 Å². The van der Waals surface area contributed by atoms with Crippen molar-refractivity contribution in [1.29, 1.82) is 0 Å². The third-order valence-corrected chi connectivity index (χ3v) is 7.16. The third-order valence-electron chi connectivity index (χ3n) is 5.72. The number of nitrogens with zero attached hydrogens (tertiary/aromatic N) is 3. The van der Waals surface area contributed by atoms with Crippen molar-refractivity contribution in [1.82, 2.24) is 9.55 Å². The molecule has 0 bridgehead atoms. The average Bonchev–Trinajstić information content (AvgIpc) is 3.26. The van der Waals surface area contributed by atoms with E-state index in [9.17, 15) is 9.90 Å². The molecule has 1 aliphatic heterocycles. The quantitative estimate of drug-likeness (QED) is 0.341. The Bertz CT molecular complexity index is 1350. The topological polar surface area (TPSA) is 59.0 Å². The molecule has 160 valence electrons. The molecule has 32 heavy (non-hydrogen) atoms. The van der Waals surface area contributed by atoms with E-state index in [0.717, 1.165) is 22.5 Å². The van der Waals surface area contributed by atoms with Crippen LogP contribution in [-0.4, -0.2) is 14.7 Å². The van der Waals surface area contributed by atoms with Crippen LogP contribution in [0.2, 0.25) is 5.15 Å². The Balaban J connectivity index is 1.71. The summed E-state index contributed by atoms with van der Waals surface area (Å²) in [4.78, 5) is 18.0. The summed E-state index contributed by atoms with van der Waals surface area (Å²) < 4.78 is 3.60. The molecule has 1 N–H and O–H groups in total. The van der Waals surface area contributed by atoms with Crippen molar-refractivity contribution in [2.75, 3.05) is 0 Å². The van der Waals surface area contributed by atoms with Crippen LogP contribution in [0.15, 0.2) is 77.7 Å². The van der Waals surface area contributed by atoms with Gasteiger partial charge in [0, 0.05) is 11.8 Å². The predicted octanol–water partition coefficient (Wildman–Crippen LogP) is 5.04. The van der Waals surface area contributed by atoms with Gasteiger partial charge in [-0.3, -0.25) is 0 Å². The lowest BCUT2D eigenvalue weighted by Crippen LogP contribution is -2.55. The Morgan fingerprint density at radius 2 is 1.84 bits per heavy atom. The minimum absolute atomic E-state index is 0.00411. The van der Waals surface area contributed by atoms with Gasteiger partial charge in [0.15, 0.2) is 10.9 Å². The highest BCUT2D eigenvalue weighted by Crippen LogP contribution is 2.37. The summed E-state index contributed by atoms with van der Waals surface area (Å²) in [6.07, 6.45) is 1.71. The van der Waals surface area contributed by atoms with Crippen molar-refractivity contribution in [3.8, 4) is 28.1 Å². The molecule has 1 unspecified atom stereocenters. The molecule has 2 aromatic carbocycles. The highest BCUT2D eigenvalue weighted by atomic mass is 35.5. The largest absolute Gasteiger partial charge is 0.477 e. The first-order chi connectivity index (χ1) is 15.6. The third kappa shape index (κ3) is 3.49. The number of benzene rings is 2. The Morgan fingerprint density at radius 3 is 2.56 bits per heavy atom. The molecule has 5 rings (SSSR count). The van der Waals surface area contributed by atoms with Gasteiger partial charge >= 0.3 is 5.56 Å². The van der Waals surface area contributed by atoms with Crippen LogP contribution < -0.4 is 10.1 Å². The molecule has 2 aromatic heterocycles. The Kier molecular flexibility index (Phi) is 5.49. The van der Waals surface area contributed by atoms with Gasteiger partial charge in [-0.2, -0.15) is 9.13 Å². The Hall–Kier alpha value is -3.09. The van der Waals surface area contributed by atoms with Crippen molar-refractivity contribution in [2.24, 2.45) is 0 Å². The molecule has 0 saturated heterocycles. The minimum atomic E-state index is -0.225. The monoisotopic (exact) mass is 462 g/mol. The van der Waals surface area contributed by atoms with E-state index >= 15 is 0 Å². The summed E-state index contributed by atoms with van der Waals surface area (Å²) in [5, 5.41) is 11.3. The highest BCUT2D eigenvalue weighted by molar-refractivity contribution is 7.98. The summed E-state index contributed by atoms with van der Waals surface area (Å²) in [5.74, 6) is 1.42. The lowest BCUT2D eigenvalue weighted by atomic mass is 10.00. The molecule has 0 spiro atoms. The van der Waals surface area contributed by atoms with Gasteiger partial charge in [0.25, 0.3) is 11.7 Å². The van der Waals surface area contributed by atoms with Gasteiger partial charge in [0.2, 0.25) is 0 Å². The van der Waals surface area contributed by atoms with Crippen molar-refractivity contribution in [3.63, 3.8) is 0 Å². The summed E-state index contributed by atoms with van der Waals surface area (Å²) >= 11 is 7.60. The lowest BCUT2D eigenvalue weighted by Gasteiger charge is -2.13. The maximum Gasteiger partial charge on any atom is 0.350 e. The van der Waals surface area contributed by atoms with E-state index in [0.29, 0.717) is 28.6 Å². The first kappa shape index (κ1) is 20.8. The van der Waals surface area contributed by atoms with Crippen molar-refractivity contribution in [3.05, 3.63) is 99.8 Å². The average molecular weight is 463 g/mol. The number of hydrogen-bond donors (Lipinski definition) is 1. The van der Waals surface area contributed by atoms with E-state index in [1.807, 2.05) is 72.2 Å². The molecular formula is C25H21ClN3O2S+. The Morgan fingerprint density at radius 1 is 1.09 bits per heavy atom. The van der Waals surface area contributed by atoms with Crippen LogP contribution in [0.5, 0.6) is 5.88 Å². The van der Waals surface area contributed by atoms with Gasteiger partial charge in [-0.05, 0) is 41.8 Å². The number of aromatic hydroxyl groups is 1. The fraction of sp³-hybridized carbons (Fsp3) is 0.160. The zero-order chi connectivity index (χ0) is 22.2. The van der Waals surface area contributed by atoms with E-state index in [2.05, 4.69) is 4.98 Å². The second kappa shape index (κ2) is 8.45. The molecule has 3 heterocycles. The molecule has 5 nitrogen and oxygen atoms in total. The van der Waals surface area contributed by atoms with Gasteiger partial charge < -0.3 is 5.11 Å². The van der Waals surface area contributed by atoms with Crippen molar-refractivity contribution >= 4 is 23.4 Å². The zero-order valence-electron chi connectivity index (χ0n) is 17.4. The zero-order valence-corrected chi connectivity index (χ0v) is 19.0. The van der Waals surface area contributed by atoms with Gasteiger partial charge in [0.05, 0.1) is 12.3 Å². The number of thioether (sulfide) groups is 1. The molecule has 4 aromatic rings. The van der Waals surface area contributed by atoms with Crippen molar-refractivity contribution in [2.45, 2.75) is 24.6 Å². The molecule has 0 amide bonds. The summed E-state index contributed by atoms with van der Waals surface area (Å²) in [6.45, 7) is 2.52. The molecule has 0 radical (unpaired) electrons. The van der Waals surface area contributed by atoms with Gasteiger partial charge in [-0.15, -0.1) is 0 Å². The predicted molar refractivity (Wildman–Crippen MR) is 128 cm³/mol. The van der Waals surface area contributed by atoms with Crippen LogP contribution in [-0.2, 0) is 12.3 Å². The molecule has 0 aliphatic carbocycles. The van der Waals surface area contributed by atoms with Crippen LogP contribution in [0.1, 0.15) is 23.7 Å². The smallest absolute Gasteiger partial charge is 0.350 e. The number of pyridine rings is 1. The summed E-state index contributed by atoms with van der Waals surface area (Å²) in [5.41, 5.74) is 3.73. The maximum absolute atomic E-state index is 13.8.